The molecule has 5 rings (SSSR count). The fourth-order valence-electron chi connectivity index (χ4n) is 4.24. The van der Waals surface area contributed by atoms with Gasteiger partial charge in [-0.3, -0.25) is 4.79 Å². The molecule has 2 N–H and O–H groups in total. The zero-order valence-electron chi connectivity index (χ0n) is 19.7. The Balaban J connectivity index is 1.44. The van der Waals surface area contributed by atoms with Crippen LogP contribution in [0.4, 0.5) is 0 Å². The standard InChI is InChI=1S/C28H27N3O3S/c1-18-8-10-22-14-23(27(32)30-24(22)12-18)16-31(15-20-9-11-25-26(13-20)34-17-33-25)28(35)29-19(2)21-6-4-3-5-7-21/h3-14,19H,15-17H2,1-2H3,(H,29,35)(H,30,32). The van der Waals surface area contributed by atoms with Crippen molar-refractivity contribution in [2.75, 3.05) is 6.79 Å². The number of nitrogens with one attached hydrogen (secondary N) is 2. The molecule has 0 aliphatic carbocycles. The van der Waals surface area contributed by atoms with Crippen molar-refractivity contribution in [3.8, 4) is 11.5 Å². The van der Waals surface area contributed by atoms with Crippen LogP contribution in [0.3, 0.4) is 0 Å². The summed E-state index contributed by atoms with van der Waals surface area (Å²) < 4.78 is 11.0. The van der Waals surface area contributed by atoms with E-state index in [4.69, 9.17) is 21.7 Å². The maximum absolute atomic E-state index is 13.0. The van der Waals surface area contributed by atoms with Gasteiger partial charge in [-0.1, -0.05) is 48.5 Å². The molecule has 3 aromatic carbocycles. The molecule has 1 aliphatic heterocycles. The third-order valence-electron chi connectivity index (χ3n) is 6.18. The molecule has 4 aromatic rings. The molecule has 1 aliphatic rings. The quantitative estimate of drug-likeness (QED) is 0.366. The van der Waals surface area contributed by atoms with Gasteiger partial charge in [-0.25, -0.2) is 0 Å². The SMILES string of the molecule is Cc1ccc2cc(CN(Cc3ccc4c(c3)OCO4)C(=S)NC(C)c3ccccc3)c(=O)[nH]c2c1. The molecule has 178 valence electrons. The smallest absolute Gasteiger partial charge is 0.253 e. The van der Waals surface area contributed by atoms with E-state index in [2.05, 4.69) is 29.4 Å². The number of pyridine rings is 1. The molecule has 0 fully saturated rings. The van der Waals surface area contributed by atoms with Gasteiger partial charge in [-0.2, -0.15) is 0 Å². The Bertz CT molecular complexity index is 1430. The van der Waals surface area contributed by atoms with Crippen molar-refractivity contribution in [3.63, 3.8) is 0 Å². The van der Waals surface area contributed by atoms with Crippen LogP contribution in [-0.2, 0) is 13.1 Å². The number of H-pyrrole nitrogens is 1. The summed E-state index contributed by atoms with van der Waals surface area (Å²) in [4.78, 5) is 18.0. The van der Waals surface area contributed by atoms with Gasteiger partial charge >= 0.3 is 0 Å². The third kappa shape index (κ3) is 5.15. The molecule has 0 saturated carbocycles. The number of aryl methyl sites for hydroxylation is 1. The minimum absolute atomic E-state index is 0.0146. The van der Waals surface area contributed by atoms with E-state index < -0.39 is 0 Å². The van der Waals surface area contributed by atoms with Gasteiger partial charge in [0.25, 0.3) is 5.56 Å². The number of aromatic amines is 1. The number of hydrogen-bond acceptors (Lipinski definition) is 4. The van der Waals surface area contributed by atoms with E-state index in [1.54, 1.807) is 0 Å². The molecule has 1 unspecified atom stereocenters. The molecule has 7 heteroatoms. The lowest BCUT2D eigenvalue weighted by Gasteiger charge is -2.28. The van der Waals surface area contributed by atoms with Crippen LogP contribution in [0.25, 0.3) is 10.9 Å². The van der Waals surface area contributed by atoms with E-state index in [-0.39, 0.29) is 18.4 Å². The molecule has 6 nitrogen and oxygen atoms in total. The molecule has 1 aromatic heterocycles. The van der Waals surface area contributed by atoms with Crippen LogP contribution in [0, 0.1) is 6.92 Å². The van der Waals surface area contributed by atoms with Gasteiger partial charge in [-0.15, -0.1) is 0 Å². The first kappa shape index (κ1) is 22.9. The van der Waals surface area contributed by atoms with E-state index >= 15 is 0 Å². The number of aromatic nitrogens is 1. The summed E-state index contributed by atoms with van der Waals surface area (Å²) in [5, 5.41) is 5.00. The van der Waals surface area contributed by atoms with Gasteiger partial charge in [0.1, 0.15) is 0 Å². The predicted molar refractivity (Wildman–Crippen MR) is 142 cm³/mol. The number of nitrogens with zero attached hydrogens (tertiary/aromatic N) is 1. The Hall–Kier alpha value is -3.84. The summed E-state index contributed by atoms with van der Waals surface area (Å²) in [5.41, 5.74) is 4.62. The Labute approximate surface area is 209 Å². The van der Waals surface area contributed by atoms with Crippen molar-refractivity contribution in [2.24, 2.45) is 0 Å². The highest BCUT2D eigenvalue weighted by Gasteiger charge is 2.19. The van der Waals surface area contributed by atoms with E-state index in [9.17, 15) is 4.79 Å². The van der Waals surface area contributed by atoms with Crippen LogP contribution in [-0.4, -0.2) is 21.8 Å². The van der Waals surface area contributed by atoms with Crippen LogP contribution in [0.1, 0.15) is 35.2 Å². The zero-order chi connectivity index (χ0) is 24.4. The van der Waals surface area contributed by atoms with Gasteiger partial charge in [0.2, 0.25) is 6.79 Å². The second kappa shape index (κ2) is 9.80. The average molecular weight is 486 g/mol. The first-order valence-corrected chi connectivity index (χ1v) is 12.0. The van der Waals surface area contributed by atoms with Crippen molar-refractivity contribution >= 4 is 28.2 Å². The lowest BCUT2D eigenvalue weighted by atomic mass is 10.1. The monoisotopic (exact) mass is 485 g/mol. The van der Waals surface area contributed by atoms with Crippen molar-refractivity contribution in [2.45, 2.75) is 33.0 Å². The summed E-state index contributed by atoms with van der Waals surface area (Å²) in [6, 6.07) is 24.0. The Morgan fingerprint density at radius 2 is 1.83 bits per heavy atom. The topological polar surface area (TPSA) is 66.6 Å². The summed E-state index contributed by atoms with van der Waals surface area (Å²) in [6.45, 7) is 5.18. The minimum atomic E-state index is -0.113. The second-order valence-electron chi connectivity index (χ2n) is 8.84. The Morgan fingerprint density at radius 3 is 2.66 bits per heavy atom. The third-order valence-corrected chi connectivity index (χ3v) is 6.55. The van der Waals surface area contributed by atoms with Crippen LogP contribution in [0.5, 0.6) is 11.5 Å². The number of hydrogen-bond donors (Lipinski definition) is 2. The van der Waals surface area contributed by atoms with Crippen LogP contribution in [0.2, 0.25) is 0 Å². The van der Waals surface area contributed by atoms with Gasteiger partial charge in [0.15, 0.2) is 16.6 Å². The zero-order valence-corrected chi connectivity index (χ0v) is 20.5. The summed E-state index contributed by atoms with van der Waals surface area (Å²) in [6.07, 6.45) is 0. The fourth-order valence-corrected chi connectivity index (χ4v) is 4.55. The molecular formula is C28H27N3O3S. The molecule has 1 atom stereocenters. The first-order valence-electron chi connectivity index (χ1n) is 11.6. The maximum atomic E-state index is 13.0. The average Bonchev–Trinajstić information content (AvgIpc) is 3.32. The van der Waals surface area contributed by atoms with Crippen LogP contribution >= 0.6 is 12.2 Å². The van der Waals surface area contributed by atoms with Gasteiger partial charge in [0.05, 0.1) is 12.6 Å². The Morgan fingerprint density at radius 1 is 1.03 bits per heavy atom. The second-order valence-corrected chi connectivity index (χ2v) is 9.23. The number of fused-ring (bicyclic) bond motifs is 2. The molecule has 0 saturated heterocycles. The van der Waals surface area contributed by atoms with Gasteiger partial charge in [-0.05, 0) is 72.4 Å². The lowest BCUT2D eigenvalue weighted by molar-refractivity contribution is 0.174. The molecule has 0 amide bonds. The van der Waals surface area contributed by atoms with Crippen LogP contribution in [0.15, 0.2) is 77.6 Å². The molecular weight excluding hydrogens is 458 g/mol. The Kier molecular flexibility index (Phi) is 6.42. The van der Waals surface area contributed by atoms with Crippen molar-refractivity contribution in [1.29, 1.82) is 0 Å². The molecule has 0 bridgehead atoms. The van der Waals surface area contributed by atoms with E-state index in [1.807, 2.05) is 72.5 Å². The highest BCUT2D eigenvalue weighted by atomic mass is 32.1. The van der Waals surface area contributed by atoms with Crippen LogP contribution < -0.4 is 20.3 Å². The van der Waals surface area contributed by atoms with Crippen molar-refractivity contribution in [1.82, 2.24) is 15.2 Å². The predicted octanol–water partition coefficient (Wildman–Crippen LogP) is 5.20. The summed E-state index contributed by atoms with van der Waals surface area (Å²) in [5.74, 6) is 1.46. The fraction of sp³-hybridized carbons (Fsp3) is 0.214. The number of ether oxygens (including phenoxy) is 2. The van der Waals surface area contributed by atoms with Gasteiger partial charge < -0.3 is 24.7 Å². The highest BCUT2D eigenvalue weighted by molar-refractivity contribution is 7.80. The number of thiocarbonyl (C=S) groups is 1. The number of rotatable bonds is 6. The maximum Gasteiger partial charge on any atom is 0.253 e. The summed E-state index contributed by atoms with van der Waals surface area (Å²) >= 11 is 5.85. The molecule has 35 heavy (non-hydrogen) atoms. The first-order chi connectivity index (χ1) is 17.0. The highest BCUT2D eigenvalue weighted by Crippen LogP contribution is 2.33. The largest absolute Gasteiger partial charge is 0.454 e. The van der Waals surface area contributed by atoms with Crippen molar-refractivity contribution in [3.05, 3.63) is 105 Å². The normalized spacial score (nSPS) is 13.0. The molecule has 2 heterocycles. The van der Waals surface area contributed by atoms with E-state index in [1.165, 1.54) is 0 Å². The molecule has 0 radical (unpaired) electrons. The van der Waals surface area contributed by atoms with Gasteiger partial charge in [0, 0.05) is 17.6 Å². The number of benzene rings is 3. The van der Waals surface area contributed by atoms with E-state index in [0.717, 1.165) is 39.1 Å². The van der Waals surface area contributed by atoms with E-state index in [0.29, 0.717) is 23.8 Å². The van der Waals surface area contributed by atoms with Crippen molar-refractivity contribution < 1.29 is 9.47 Å². The summed E-state index contributed by atoms with van der Waals surface area (Å²) in [7, 11) is 0. The minimum Gasteiger partial charge on any atom is -0.454 e. The molecule has 0 spiro atoms. The lowest BCUT2D eigenvalue weighted by Crippen LogP contribution is -2.41.